The summed E-state index contributed by atoms with van der Waals surface area (Å²) in [6.45, 7) is 1.60. The van der Waals surface area contributed by atoms with Gasteiger partial charge in [0.05, 0.1) is 11.8 Å². The van der Waals surface area contributed by atoms with Gasteiger partial charge < -0.3 is 42.8 Å². The Hall–Kier alpha value is -4.66. The number of halogens is 1. The van der Waals surface area contributed by atoms with E-state index < -0.39 is 12.0 Å². The van der Waals surface area contributed by atoms with Gasteiger partial charge in [0.15, 0.2) is 28.4 Å². The van der Waals surface area contributed by atoms with Crippen molar-refractivity contribution in [2.75, 3.05) is 43.0 Å². The van der Waals surface area contributed by atoms with Crippen LogP contribution in [-0.4, -0.2) is 64.7 Å². The fourth-order valence-corrected chi connectivity index (χ4v) is 3.88. The van der Waals surface area contributed by atoms with Gasteiger partial charge in [0, 0.05) is 19.6 Å². The number of aromatic nitrogens is 2. The van der Waals surface area contributed by atoms with Crippen LogP contribution in [-0.2, 0) is 11.2 Å². The van der Waals surface area contributed by atoms with Crippen LogP contribution in [0.4, 0.5) is 17.3 Å². The van der Waals surface area contributed by atoms with Gasteiger partial charge in [0.25, 0.3) is 5.91 Å². The third kappa shape index (κ3) is 9.76. The number of aryl methyl sites for hydroxylation is 1. The molecule has 0 aliphatic heterocycles. The van der Waals surface area contributed by atoms with Crippen molar-refractivity contribution < 1.29 is 24.5 Å². The number of ether oxygens (including phenoxy) is 1. The Morgan fingerprint density at radius 1 is 1.12 bits per heavy atom. The number of nitrogens with zero attached hydrogens (tertiary/aromatic N) is 3. The van der Waals surface area contributed by atoms with Crippen LogP contribution >= 0.6 is 11.6 Å². The Balaban J connectivity index is 1.30. The van der Waals surface area contributed by atoms with E-state index in [9.17, 15) is 19.8 Å². The van der Waals surface area contributed by atoms with Gasteiger partial charge in [-0.3, -0.25) is 19.9 Å². The number of carbonyl (C=O) groups excluding carboxylic acids is 2. The maximum absolute atomic E-state index is 12.3. The number of benzene rings is 2. The molecule has 2 aromatic carbocycles. The average molecular weight is 600 g/mol. The van der Waals surface area contributed by atoms with E-state index >= 15 is 0 Å². The smallest absolute Gasteiger partial charge is 0.280 e. The molecule has 42 heavy (non-hydrogen) atoms. The van der Waals surface area contributed by atoms with Crippen molar-refractivity contribution >= 4 is 47.2 Å². The highest BCUT2D eigenvalue weighted by atomic mass is 35.5. The van der Waals surface area contributed by atoms with E-state index in [-0.39, 0.29) is 46.4 Å². The van der Waals surface area contributed by atoms with Crippen molar-refractivity contribution in [2.24, 2.45) is 10.7 Å². The number of unbranched alkanes of at least 4 members (excludes halogenated alkanes) is 1. The predicted octanol–water partition coefficient (Wildman–Crippen LogP) is 1.34. The molecule has 0 aliphatic rings. The number of phenolic OH excluding ortho intramolecular Hbond substituents is 1. The van der Waals surface area contributed by atoms with Crippen molar-refractivity contribution in [3.05, 3.63) is 64.4 Å². The fourth-order valence-electron chi connectivity index (χ4n) is 3.75. The first-order valence-corrected chi connectivity index (χ1v) is 13.4. The first-order valence-electron chi connectivity index (χ1n) is 13.0. The van der Waals surface area contributed by atoms with Crippen molar-refractivity contribution in [3.8, 4) is 11.5 Å². The summed E-state index contributed by atoms with van der Waals surface area (Å²) >= 11 is 5.79. The molecule has 3 rings (SSSR count). The Kier molecular flexibility index (Phi) is 12.1. The standard InChI is InChI=1S/C27H34ClN9O5/c28-23-25(30)36-24(29)22(35-23)26(41)37-27(31)33-10-2-1-3-16-4-7-18(8-5-16)42-12-11-32-14-21(40)17-6-9-20(39)19(13-17)34-15-38/h4-9,13,15,21,32,39-40H,1-3,10-12,14H2,(H,34,38)(H4,29,30,36)(H3,31,33,37,41)/t21-/m0/s1. The lowest BCUT2D eigenvalue weighted by atomic mass is 10.1. The summed E-state index contributed by atoms with van der Waals surface area (Å²) in [5.74, 6) is -0.341. The molecule has 0 spiro atoms. The van der Waals surface area contributed by atoms with Crippen molar-refractivity contribution in [1.82, 2.24) is 20.6 Å². The minimum absolute atomic E-state index is 0.0685. The number of rotatable bonds is 15. The maximum Gasteiger partial charge on any atom is 0.280 e. The number of nitrogen functional groups attached to an aromatic ring is 2. The van der Waals surface area contributed by atoms with E-state index in [0.717, 1.165) is 30.6 Å². The quantitative estimate of drug-likeness (QED) is 0.0407. The lowest BCUT2D eigenvalue weighted by molar-refractivity contribution is -0.105. The molecule has 11 N–H and O–H groups in total. The zero-order chi connectivity index (χ0) is 30.5. The lowest BCUT2D eigenvalue weighted by Gasteiger charge is -2.14. The first kappa shape index (κ1) is 31.9. The van der Waals surface area contributed by atoms with Crippen LogP contribution in [0.5, 0.6) is 11.5 Å². The van der Waals surface area contributed by atoms with Gasteiger partial charge in [0.1, 0.15) is 18.1 Å². The van der Waals surface area contributed by atoms with Gasteiger partial charge >= 0.3 is 0 Å². The summed E-state index contributed by atoms with van der Waals surface area (Å²) < 4.78 is 5.75. The molecule has 0 saturated carbocycles. The predicted molar refractivity (Wildman–Crippen MR) is 160 cm³/mol. The highest BCUT2D eigenvalue weighted by Crippen LogP contribution is 2.26. The minimum atomic E-state index is -0.818. The molecule has 3 aromatic rings. The lowest BCUT2D eigenvalue weighted by Crippen LogP contribution is -2.38. The summed E-state index contributed by atoms with van der Waals surface area (Å²) in [5.41, 5.74) is 18.7. The Bertz CT molecular complexity index is 1390. The topological polar surface area (TPSA) is 236 Å². The van der Waals surface area contributed by atoms with Crippen LogP contribution in [0.1, 0.15) is 40.6 Å². The highest BCUT2D eigenvalue weighted by molar-refractivity contribution is 6.31. The van der Waals surface area contributed by atoms with Crippen molar-refractivity contribution in [3.63, 3.8) is 0 Å². The normalized spacial score (nSPS) is 12.0. The summed E-state index contributed by atoms with van der Waals surface area (Å²) in [4.78, 5) is 34.6. The van der Waals surface area contributed by atoms with Crippen molar-refractivity contribution in [1.29, 1.82) is 0 Å². The molecular weight excluding hydrogens is 566 g/mol. The number of aliphatic imine (C=N–C) groups is 1. The zero-order valence-electron chi connectivity index (χ0n) is 22.7. The molecule has 0 saturated heterocycles. The summed E-state index contributed by atoms with van der Waals surface area (Å²) in [7, 11) is 0. The molecule has 0 radical (unpaired) electrons. The second-order valence-corrected chi connectivity index (χ2v) is 9.42. The summed E-state index contributed by atoms with van der Waals surface area (Å²) in [5, 5.41) is 27.8. The van der Waals surface area contributed by atoms with Crippen LogP contribution in [0.25, 0.3) is 0 Å². The molecule has 0 bridgehead atoms. The number of hydrogen-bond acceptors (Lipinski definition) is 11. The average Bonchev–Trinajstić information content (AvgIpc) is 2.96. The van der Waals surface area contributed by atoms with Crippen LogP contribution in [0.2, 0.25) is 5.15 Å². The molecule has 14 nitrogen and oxygen atoms in total. The largest absolute Gasteiger partial charge is 0.506 e. The second-order valence-electron chi connectivity index (χ2n) is 9.06. The Morgan fingerprint density at radius 2 is 1.88 bits per heavy atom. The molecular formula is C27H34ClN9O5. The third-order valence-electron chi connectivity index (χ3n) is 5.95. The molecule has 1 heterocycles. The number of aliphatic hydroxyl groups excluding tert-OH is 1. The zero-order valence-corrected chi connectivity index (χ0v) is 23.5. The fraction of sp³-hybridized carbons (Fsp3) is 0.296. The maximum atomic E-state index is 12.3. The number of amides is 2. The number of carbonyl (C=O) groups is 2. The molecule has 1 atom stereocenters. The molecule has 0 aliphatic carbocycles. The minimum Gasteiger partial charge on any atom is -0.506 e. The van der Waals surface area contributed by atoms with Crippen LogP contribution in [0, 0.1) is 0 Å². The molecule has 2 amide bonds. The number of guanidine groups is 1. The van der Waals surface area contributed by atoms with Crippen molar-refractivity contribution in [2.45, 2.75) is 25.4 Å². The van der Waals surface area contributed by atoms with Crippen LogP contribution in [0.3, 0.4) is 0 Å². The van der Waals surface area contributed by atoms with E-state index in [1.807, 2.05) is 24.3 Å². The SMILES string of the molecule is NC(=NCCCCc1ccc(OCCNC[C@H](O)c2ccc(O)c(NC=O)c2)cc1)NC(=O)c1nc(Cl)c(N)nc1N. The molecule has 0 fully saturated rings. The number of aromatic hydroxyl groups is 1. The monoisotopic (exact) mass is 599 g/mol. The van der Waals surface area contributed by atoms with E-state index in [1.54, 1.807) is 6.07 Å². The van der Waals surface area contributed by atoms with Gasteiger partial charge in [-0.2, -0.15) is 0 Å². The van der Waals surface area contributed by atoms with Crippen LogP contribution < -0.4 is 37.9 Å². The van der Waals surface area contributed by atoms with Gasteiger partial charge in [-0.25, -0.2) is 9.97 Å². The van der Waals surface area contributed by atoms with Gasteiger partial charge in [-0.05, 0) is 54.7 Å². The second kappa shape index (κ2) is 16.0. The molecule has 1 aromatic heterocycles. The first-order chi connectivity index (χ1) is 20.2. The third-order valence-corrected chi connectivity index (χ3v) is 6.22. The highest BCUT2D eigenvalue weighted by Gasteiger charge is 2.16. The Morgan fingerprint density at radius 3 is 2.62 bits per heavy atom. The number of phenols is 1. The molecule has 0 unspecified atom stereocenters. The summed E-state index contributed by atoms with van der Waals surface area (Å²) in [6, 6.07) is 12.3. The number of anilines is 3. The molecule has 224 valence electrons. The number of aliphatic hydroxyl groups is 1. The number of nitrogens with two attached hydrogens (primary N) is 3. The molecule has 15 heteroatoms. The van der Waals surface area contributed by atoms with E-state index in [2.05, 4.69) is 30.9 Å². The van der Waals surface area contributed by atoms with Crippen LogP contribution in [0.15, 0.2) is 47.5 Å². The van der Waals surface area contributed by atoms with E-state index in [1.165, 1.54) is 12.1 Å². The number of nitrogens with one attached hydrogen (secondary N) is 3. The van der Waals surface area contributed by atoms with Gasteiger partial charge in [-0.15, -0.1) is 0 Å². The Labute approximate surface area is 247 Å². The van der Waals surface area contributed by atoms with Gasteiger partial charge in [-0.1, -0.05) is 29.8 Å². The van der Waals surface area contributed by atoms with Gasteiger partial charge in [0.2, 0.25) is 6.41 Å². The van der Waals surface area contributed by atoms with E-state index in [4.69, 9.17) is 33.5 Å². The summed E-state index contributed by atoms with van der Waals surface area (Å²) in [6.07, 6.45) is 2.08. The van der Waals surface area contributed by atoms with E-state index in [0.29, 0.717) is 31.7 Å². The number of hydrogen-bond donors (Lipinski definition) is 8.